The van der Waals surface area contributed by atoms with Gasteiger partial charge in [0.05, 0.1) is 17.5 Å². The molecule has 1 aliphatic carbocycles. The Balaban J connectivity index is 2.16. The number of anilines is 2. The summed E-state index contributed by atoms with van der Waals surface area (Å²) in [6, 6.07) is 3.49. The quantitative estimate of drug-likeness (QED) is 0.870. The summed E-state index contributed by atoms with van der Waals surface area (Å²) in [5, 5.41) is 11.9. The monoisotopic (exact) mass is 277 g/mol. The van der Waals surface area contributed by atoms with Gasteiger partial charge in [0, 0.05) is 20.3 Å². The van der Waals surface area contributed by atoms with E-state index in [1.807, 2.05) is 14.1 Å². The van der Waals surface area contributed by atoms with E-state index in [1.54, 1.807) is 37.1 Å². The van der Waals surface area contributed by atoms with Crippen LogP contribution in [0.15, 0.2) is 18.3 Å². The first-order chi connectivity index (χ1) is 9.26. The van der Waals surface area contributed by atoms with Gasteiger partial charge < -0.3 is 15.3 Å². The van der Waals surface area contributed by atoms with E-state index < -0.39 is 23.2 Å². The van der Waals surface area contributed by atoms with Crippen LogP contribution in [0, 0.1) is 17.3 Å². The van der Waals surface area contributed by atoms with E-state index in [4.69, 9.17) is 5.11 Å². The molecule has 1 aliphatic rings. The van der Waals surface area contributed by atoms with Gasteiger partial charge in [0.2, 0.25) is 5.91 Å². The molecule has 1 heterocycles. The smallest absolute Gasteiger partial charge is 0.307 e. The van der Waals surface area contributed by atoms with Gasteiger partial charge in [0.15, 0.2) is 5.82 Å². The molecule has 108 valence electrons. The second kappa shape index (κ2) is 4.77. The minimum atomic E-state index is -0.922. The molecular formula is C14H19N3O3. The summed E-state index contributed by atoms with van der Waals surface area (Å²) in [5.74, 6) is -1.67. The van der Waals surface area contributed by atoms with E-state index in [9.17, 15) is 9.59 Å². The second-order valence-electron chi connectivity index (χ2n) is 5.87. The summed E-state index contributed by atoms with van der Waals surface area (Å²) in [7, 11) is 3.66. The molecule has 2 atom stereocenters. The third-order valence-electron chi connectivity index (χ3n) is 3.84. The average molecular weight is 277 g/mol. The molecule has 0 radical (unpaired) electrons. The topological polar surface area (TPSA) is 82.5 Å². The number of nitrogens with zero attached hydrogens (tertiary/aromatic N) is 2. The summed E-state index contributed by atoms with van der Waals surface area (Å²) < 4.78 is 0. The van der Waals surface area contributed by atoms with Crippen LogP contribution in [0.2, 0.25) is 0 Å². The normalized spacial score (nSPS) is 23.0. The molecule has 20 heavy (non-hydrogen) atoms. The molecule has 2 N–H and O–H groups in total. The first-order valence-electron chi connectivity index (χ1n) is 6.43. The van der Waals surface area contributed by atoms with E-state index in [0.29, 0.717) is 11.5 Å². The standard InChI is InChI=1S/C14H19N3O3/c1-14(2)9(10(14)13(19)20)12(18)16-8-6-5-7-15-11(8)17(3)4/h5-7,9-10H,1-4H3,(H,16,18)(H,19,20). The number of carbonyl (C=O) groups excluding carboxylic acids is 1. The number of carboxylic acid groups (broad SMARTS) is 1. The highest BCUT2D eigenvalue weighted by molar-refractivity contribution is 6.01. The molecule has 0 bridgehead atoms. The van der Waals surface area contributed by atoms with E-state index in [2.05, 4.69) is 10.3 Å². The molecule has 0 aliphatic heterocycles. The Bertz CT molecular complexity index is 554. The summed E-state index contributed by atoms with van der Waals surface area (Å²) in [5.41, 5.74) is 0.0884. The van der Waals surface area contributed by atoms with E-state index >= 15 is 0 Å². The Labute approximate surface area is 117 Å². The zero-order valence-electron chi connectivity index (χ0n) is 12.0. The van der Waals surface area contributed by atoms with Crippen molar-refractivity contribution in [2.24, 2.45) is 17.3 Å². The number of pyridine rings is 1. The lowest BCUT2D eigenvalue weighted by Gasteiger charge is -2.16. The molecular weight excluding hydrogens is 258 g/mol. The summed E-state index contributed by atoms with van der Waals surface area (Å²) in [4.78, 5) is 29.4. The van der Waals surface area contributed by atoms with Gasteiger partial charge >= 0.3 is 5.97 Å². The molecule has 1 aromatic heterocycles. The van der Waals surface area contributed by atoms with Crippen molar-refractivity contribution in [1.82, 2.24) is 4.98 Å². The SMILES string of the molecule is CN(C)c1ncccc1NC(=O)C1C(C(=O)O)C1(C)C. The van der Waals surface area contributed by atoms with Crippen LogP contribution >= 0.6 is 0 Å². The van der Waals surface area contributed by atoms with Gasteiger partial charge in [-0.05, 0) is 17.5 Å². The Hall–Kier alpha value is -2.11. The zero-order valence-corrected chi connectivity index (χ0v) is 12.0. The Morgan fingerprint density at radius 2 is 2.00 bits per heavy atom. The fourth-order valence-electron chi connectivity index (χ4n) is 2.65. The highest BCUT2D eigenvalue weighted by Gasteiger charge is 2.65. The maximum Gasteiger partial charge on any atom is 0.307 e. The van der Waals surface area contributed by atoms with Crippen molar-refractivity contribution < 1.29 is 14.7 Å². The Morgan fingerprint density at radius 1 is 1.35 bits per heavy atom. The van der Waals surface area contributed by atoms with E-state index in [0.717, 1.165) is 0 Å². The maximum absolute atomic E-state index is 12.3. The Kier molecular flexibility index (Phi) is 3.41. The zero-order chi connectivity index (χ0) is 15.1. The first kappa shape index (κ1) is 14.3. The van der Waals surface area contributed by atoms with Crippen LogP contribution < -0.4 is 10.2 Å². The number of amides is 1. The van der Waals surface area contributed by atoms with Crippen molar-refractivity contribution in [3.63, 3.8) is 0 Å². The van der Waals surface area contributed by atoms with Gasteiger partial charge in [0.1, 0.15) is 0 Å². The molecule has 6 heteroatoms. The largest absolute Gasteiger partial charge is 0.481 e. The molecule has 1 amide bonds. The van der Waals surface area contributed by atoms with Gasteiger partial charge in [0.25, 0.3) is 0 Å². The van der Waals surface area contributed by atoms with Crippen LogP contribution in [0.1, 0.15) is 13.8 Å². The van der Waals surface area contributed by atoms with Crippen molar-refractivity contribution in [2.45, 2.75) is 13.8 Å². The number of hydrogen-bond acceptors (Lipinski definition) is 4. The molecule has 2 unspecified atom stereocenters. The van der Waals surface area contributed by atoms with Gasteiger partial charge in [-0.25, -0.2) is 4.98 Å². The lowest BCUT2D eigenvalue weighted by Crippen LogP contribution is -2.21. The predicted octanol–water partition coefficient (Wildman–Crippen LogP) is 1.44. The van der Waals surface area contributed by atoms with Crippen LogP contribution in [-0.4, -0.2) is 36.1 Å². The number of aromatic nitrogens is 1. The predicted molar refractivity (Wildman–Crippen MR) is 75.6 cm³/mol. The number of rotatable bonds is 4. The molecule has 2 rings (SSSR count). The fourth-order valence-corrected chi connectivity index (χ4v) is 2.65. The molecule has 0 aromatic carbocycles. The van der Waals surface area contributed by atoms with Gasteiger partial charge in [-0.3, -0.25) is 9.59 Å². The van der Waals surface area contributed by atoms with Crippen molar-refractivity contribution in [3.8, 4) is 0 Å². The lowest BCUT2D eigenvalue weighted by molar-refractivity contribution is -0.140. The molecule has 0 saturated heterocycles. The van der Waals surface area contributed by atoms with Crippen molar-refractivity contribution in [2.75, 3.05) is 24.3 Å². The Morgan fingerprint density at radius 3 is 2.50 bits per heavy atom. The maximum atomic E-state index is 12.3. The minimum absolute atomic E-state index is 0.265. The first-order valence-corrected chi connectivity index (χ1v) is 6.43. The third kappa shape index (κ3) is 2.33. The van der Waals surface area contributed by atoms with E-state index in [-0.39, 0.29) is 5.91 Å². The number of carboxylic acids is 1. The van der Waals surface area contributed by atoms with Crippen LogP contribution in [0.4, 0.5) is 11.5 Å². The van der Waals surface area contributed by atoms with Crippen molar-refractivity contribution in [1.29, 1.82) is 0 Å². The van der Waals surface area contributed by atoms with Gasteiger partial charge in [-0.15, -0.1) is 0 Å². The molecule has 0 spiro atoms. The lowest BCUT2D eigenvalue weighted by atomic mass is 10.1. The summed E-state index contributed by atoms with van der Waals surface area (Å²) in [6.07, 6.45) is 1.64. The number of hydrogen-bond donors (Lipinski definition) is 2. The van der Waals surface area contributed by atoms with Crippen molar-refractivity contribution in [3.05, 3.63) is 18.3 Å². The molecule has 1 saturated carbocycles. The number of carbonyl (C=O) groups is 2. The number of nitrogens with one attached hydrogen (secondary N) is 1. The van der Waals surface area contributed by atoms with Crippen LogP contribution in [0.3, 0.4) is 0 Å². The minimum Gasteiger partial charge on any atom is -0.481 e. The van der Waals surface area contributed by atoms with Gasteiger partial charge in [-0.2, -0.15) is 0 Å². The number of aliphatic carboxylic acids is 1. The van der Waals surface area contributed by atoms with E-state index in [1.165, 1.54) is 0 Å². The summed E-state index contributed by atoms with van der Waals surface area (Å²) in [6.45, 7) is 3.60. The molecule has 1 fully saturated rings. The average Bonchev–Trinajstić information content (AvgIpc) is 2.93. The van der Waals surface area contributed by atoms with Crippen LogP contribution in [0.5, 0.6) is 0 Å². The third-order valence-corrected chi connectivity index (χ3v) is 3.84. The van der Waals surface area contributed by atoms with Crippen LogP contribution in [0.25, 0.3) is 0 Å². The van der Waals surface area contributed by atoms with Gasteiger partial charge in [-0.1, -0.05) is 13.8 Å². The van der Waals surface area contributed by atoms with Crippen molar-refractivity contribution >= 4 is 23.4 Å². The highest BCUT2D eigenvalue weighted by Crippen LogP contribution is 2.58. The summed E-state index contributed by atoms with van der Waals surface area (Å²) >= 11 is 0. The molecule has 6 nitrogen and oxygen atoms in total. The molecule has 1 aromatic rings. The highest BCUT2D eigenvalue weighted by atomic mass is 16.4. The fraction of sp³-hybridized carbons (Fsp3) is 0.500. The van der Waals surface area contributed by atoms with Crippen LogP contribution in [-0.2, 0) is 9.59 Å². The second-order valence-corrected chi connectivity index (χ2v) is 5.87.